The zero-order valence-corrected chi connectivity index (χ0v) is 13.0. The monoisotopic (exact) mass is 259 g/mol. The normalized spacial score (nSPS) is 13.5. The maximum atomic E-state index is 5.29. The van der Waals surface area contributed by atoms with Crippen LogP contribution < -0.4 is 5.32 Å². The van der Waals surface area contributed by atoms with Gasteiger partial charge in [-0.05, 0) is 53.1 Å². The summed E-state index contributed by atoms with van der Waals surface area (Å²) in [6.07, 6.45) is 2.40. The van der Waals surface area contributed by atoms with Gasteiger partial charge in [0.15, 0.2) is 0 Å². The predicted molar refractivity (Wildman–Crippen MR) is 79.2 cm³/mol. The lowest BCUT2D eigenvalue weighted by Crippen LogP contribution is -2.44. The van der Waals surface area contributed by atoms with Crippen molar-refractivity contribution < 1.29 is 4.74 Å². The Morgan fingerprint density at radius 1 is 1.17 bits per heavy atom. The Bertz CT molecular complexity index is 176. The van der Waals surface area contributed by atoms with E-state index in [4.69, 9.17) is 4.74 Å². The van der Waals surface area contributed by atoms with Gasteiger partial charge in [-0.25, -0.2) is 0 Å². The molecule has 0 aromatic heterocycles. The van der Waals surface area contributed by atoms with Gasteiger partial charge in [0.25, 0.3) is 0 Å². The first-order valence-electron chi connectivity index (χ1n) is 7.23. The average molecular weight is 259 g/mol. The van der Waals surface area contributed by atoms with E-state index in [1.807, 2.05) is 0 Å². The summed E-state index contributed by atoms with van der Waals surface area (Å²) in [5.74, 6) is 0. The molecule has 0 fully saturated rings. The maximum absolute atomic E-state index is 5.29. The molecule has 0 bridgehead atoms. The fraction of sp³-hybridized carbons (Fsp3) is 1.00. The van der Waals surface area contributed by atoms with Crippen LogP contribution in [0.25, 0.3) is 0 Å². The second kappa shape index (κ2) is 11.9. The third-order valence-corrected chi connectivity index (χ3v) is 3.06. The van der Waals surface area contributed by atoms with E-state index < -0.39 is 0 Å². The third-order valence-electron chi connectivity index (χ3n) is 3.06. The van der Waals surface area contributed by atoms with Crippen molar-refractivity contribution in [3.8, 4) is 0 Å². The topological polar surface area (TPSA) is 27.7 Å². The summed E-state index contributed by atoms with van der Waals surface area (Å²) in [5.41, 5.74) is 0. The van der Waals surface area contributed by atoms with Gasteiger partial charge >= 0.3 is 0 Å². The van der Waals surface area contributed by atoms with E-state index in [0.717, 1.165) is 32.8 Å². The largest absolute Gasteiger partial charge is 0.383 e. The number of nitrogens with zero attached hydrogens (tertiary/aromatic N) is 2. The first-order chi connectivity index (χ1) is 8.63. The fourth-order valence-corrected chi connectivity index (χ4v) is 2.03. The molecule has 4 heteroatoms. The molecule has 0 saturated heterocycles. The van der Waals surface area contributed by atoms with E-state index in [-0.39, 0.29) is 0 Å². The number of rotatable bonds is 12. The molecule has 0 aromatic rings. The van der Waals surface area contributed by atoms with Crippen molar-refractivity contribution in [1.29, 1.82) is 0 Å². The SMILES string of the molecule is CCCNC(COC)CN(CC)CCCN(C)C. The molecule has 0 spiro atoms. The molecule has 0 aliphatic rings. The van der Waals surface area contributed by atoms with Gasteiger partial charge in [0.1, 0.15) is 0 Å². The molecule has 0 amide bonds. The summed E-state index contributed by atoms with van der Waals surface area (Å²) in [5, 5.41) is 3.56. The van der Waals surface area contributed by atoms with Crippen molar-refractivity contribution in [2.75, 3.05) is 60.5 Å². The van der Waals surface area contributed by atoms with E-state index >= 15 is 0 Å². The van der Waals surface area contributed by atoms with Gasteiger partial charge in [0, 0.05) is 19.7 Å². The molecular formula is C14H33N3O. The summed E-state index contributed by atoms with van der Waals surface area (Å²) in [4.78, 5) is 4.76. The smallest absolute Gasteiger partial charge is 0.0628 e. The molecule has 18 heavy (non-hydrogen) atoms. The summed E-state index contributed by atoms with van der Waals surface area (Å²) in [7, 11) is 6.04. The van der Waals surface area contributed by atoms with Crippen LogP contribution in [0.3, 0.4) is 0 Å². The highest BCUT2D eigenvalue weighted by atomic mass is 16.5. The van der Waals surface area contributed by atoms with E-state index in [1.54, 1.807) is 7.11 Å². The highest BCUT2D eigenvalue weighted by molar-refractivity contribution is 4.71. The van der Waals surface area contributed by atoms with Crippen LogP contribution in [0.15, 0.2) is 0 Å². The van der Waals surface area contributed by atoms with Gasteiger partial charge in [-0.1, -0.05) is 13.8 Å². The Labute approximate surface area is 114 Å². The highest BCUT2D eigenvalue weighted by Gasteiger charge is 2.12. The fourth-order valence-electron chi connectivity index (χ4n) is 2.03. The van der Waals surface area contributed by atoms with Crippen LogP contribution in [-0.2, 0) is 4.74 Å². The van der Waals surface area contributed by atoms with Gasteiger partial charge in [-0.3, -0.25) is 0 Å². The first-order valence-corrected chi connectivity index (χ1v) is 7.23. The van der Waals surface area contributed by atoms with Gasteiger partial charge in [0.2, 0.25) is 0 Å². The Morgan fingerprint density at radius 2 is 1.89 bits per heavy atom. The van der Waals surface area contributed by atoms with Crippen LogP contribution in [0.5, 0.6) is 0 Å². The molecule has 1 N–H and O–H groups in total. The van der Waals surface area contributed by atoms with Crippen molar-refractivity contribution in [2.45, 2.75) is 32.7 Å². The number of methoxy groups -OCH3 is 1. The highest BCUT2D eigenvalue weighted by Crippen LogP contribution is 1.97. The molecule has 1 unspecified atom stereocenters. The van der Waals surface area contributed by atoms with Crippen LogP contribution >= 0.6 is 0 Å². The van der Waals surface area contributed by atoms with E-state index in [1.165, 1.54) is 19.4 Å². The summed E-state index contributed by atoms with van der Waals surface area (Å²) in [6.45, 7) is 10.8. The predicted octanol–water partition coefficient (Wildman–Crippen LogP) is 1.27. The molecule has 0 aliphatic heterocycles. The molecular weight excluding hydrogens is 226 g/mol. The standard InChI is InChI=1S/C14H33N3O/c1-6-9-15-14(13-18-5)12-17(7-2)11-8-10-16(3)4/h14-15H,6-13H2,1-5H3. The number of ether oxygens (including phenoxy) is 1. The molecule has 1 atom stereocenters. The lowest BCUT2D eigenvalue weighted by Gasteiger charge is -2.27. The van der Waals surface area contributed by atoms with Crippen molar-refractivity contribution in [1.82, 2.24) is 15.1 Å². The molecule has 110 valence electrons. The Balaban J connectivity index is 3.94. The summed E-state index contributed by atoms with van der Waals surface area (Å²) < 4.78 is 5.29. The lowest BCUT2D eigenvalue weighted by atomic mass is 10.2. The van der Waals surface area contributed by atoms with Crippen LogP contribution in [0.2, 0.25) is 0 Å². The summed E-state index contributed by atoms with van der Waals surface area (Å²) in [6, 6.07) is 0.453. The van der Waals surface area contributed by atoms with Crippen LogP contribution in [0, 0.1) is 0 Å². The van der Waals surface area contributed by atoms with Crippen molar-refractivity contribution in [3.05, 3.63) is 0 Å². The van der Waals surface area contributed by atoms with Gasteiger partial charge in [-0.15, -0.1) is 0 Å². The quantitative estimate of drug-likeness (QED) is 0.571. The summed E-state index contributed by atoms with van der Waals surface area (Å²) >= 11 is 0. The third kappa shape index (κ3) is 9.83. The van der Waals surface area contributed by atoms with Crippen molar-refractivity contribution in [2.24, 2.45) is 0 Å². The Morgan fingerprint density at radius 3 is 2.39 bits per heavy atom. The molecule has 4 nitrogen and oxygen atoms in total. The number of nitrogens with one attached hydrogen (secondary N) is 1. The zero-order valence-electron chi connectivity index (χ0n) is 13.0. The molecule has 0 saturated carbocycles. The minimum Gasteiger partial charge on any atom is -0.383 e. The van der Waals surface area contributed by atoms with Crippen molar-refractivity contribution >= 4 is 0 Å². The minimum absolute atomic E-state index is 0.453. The Kier molecular flexibility index (Phi) is 11.8. The number of hydrogen-bond acceptors (Lipinski definition) is 4. The lowest BCUT2D eigenvalue weighted by molar-refractivity contribution is 0.138. The first kappa shape index (κ1) is 17.8. The van der Waals surface area contributed by atoms with Crippen LogP contribution in [0.4, 0.5) is 0 Å². The molecule has 0 radical (unpaired) electrons. The maximum Gasteiger partial charge on any atom is 0.0628 e. The van der Waals surface area contributed by atoms with E-state index in [0.29, 0.717) is 6.04 Å². The van der Waals surface area contributed by atoms with Crippen LogP contribution in [0.1, 0.15) is 26.7 Å². The van der Waals surface area contributed by atoms with Gasteiger partial charge < -0.3 is 19.9 Å². The minimum atomic E-state index is 0.453. The van der Waals surface area contributed by atoms with Crippen LogP contribution in [-0.4, -0.2) is 76.4 Å². The molecule has 0 aromatic carbocycles. The van der Waals surface area contributed by atoms with E-state index in [2.05, 4.69) is 43.1 Å². The molecule has 0 aliphatic carbocycles. The van der Waals surface area contributed by atoms with Crippen molar-refractivity contribution in [3.63, 3.8) is 0 Å². The van der Waals surface area contributed by atoms with E-state index in [9.17, 15) is 0 Å². The zero-order chi connectivity index (χ0) is 13.8. The number of hydrogen-bond donors (Lipinski definition) is 1. The number of likely N-dealkylation sites (N-methyl/N-ethyl adjacent to an activating group) is 1. The molecule has 0 rings (SSSR count). The molecule has 0 heterocycles. The van der Waals surface area contributed by atoms with Gasteiger partial charge in [0.05, 0.1) is 6.61 Å². The second-order valence-corrected chi connectivity index (χ2v) is 5.16. The second-order valence-electron chi connectivity index (χ2n) is 5.16. The average Bonchev–Trinajstić information content (AvgIpc) is 2.34. The Hall–Kier alpha value is -0.160. The van der Waals surface area contributed by atoms with Gasteiger partial charge in [-0.2, -0.15) is 0 Å².